The van der Waals surface area contributed by atoms with E-state index in [9.17, 15) is 9.90 Å². The Kier molecular flexibility index (Phi) is 6.37. The second-order valence-corrected chi connectivity index (χ2v) is 6.62. The Balaban J connectivity index is 2.62. The van der Waals surface area contributed by atoms with Crippen LogP contribution in [-0.4, -0.2) is 23.7 Å². The maximum atomic E-state index is 11.2. The van der Waals surface area contributed by atoms with Crippen LogP contribution in [0.4, 0.5) is 5.69 Å². The van der Waals surface area contributed by atoms with Gasteiger partial charge in [-0.2, -0.15) is 0 Å². The van der Waals surface area contributed by atoms with Gasteiger partial charge in [-0.05, 0) is 17.5 Å². The lowest BCUT2D eigenvalue weighted by Crippen LogP contribution is -2.41. The highest BCUT2D eigenvalue weighted by molar-refractivity contribution is 5.89. The molecule has 1 amide bonds. The molecule has 21 heavy (non-hydrogen) atoms. The molecule has 0 saturated heterocycles. The highest BCUT2D eigenvalue weighted by atomic mass is 16.3. The largest absolute Gasteiger partial charge is 0.392 e. The zero-order valence-corrected chi connectivity index (χ0v) is 13.7. The zero-order chi connectivity index (χ0) is 16.0. The molecule has 4 heteroatoms. The third-order valence-electron chi connectivity index (χ3n) is 3.66. The molecule has 118 valence electrons. The van der Waals surface area contributed by atoms with Crippen LogP contribution in [0.15, 0.2) is 24.3 Å². The number of rotatable bonds is 7. The summed E-state index contributed by atoms with van der Waals surface area (Å²) in [6.45, 7) is 11.0. The van der Waals surface area contributed by atoms with E-state index in [4.69, 9.17) is 0 Å². The number of benzene rings is 1. The first-order chi connectivity index (χ1) is 9.74. The van der Waals surface area contributed by atoms with Crippen molar-refractivity contribution in [2.45, 2.75) is 47.3 Å². The standard InChI is InChI=1S/C17H28N2O2/c1-12(2)16(21)17(4,5)11-18-10-14-8-6-7-9-15(14)19-13(3)20/h6-9,12,16,18,21H,10-11H2,1-5H3,(H,19,20). The molecule has 1 rings (SSSR count). The Morgan fingerprint density at radius 2 is 1.90 bits per heavy atom. The van der Waals surface area contributed by atoms with Crippen LogP contribution in [0.5, 0.6) is 0 Å². The van der Waals surface area contributed by atoms with Gasteiger partial charge < -0.3 is 15.7 Å². The van der Waals surface area contributed by atoms with Gasteiger partial charge in [-0.25, -0.2) is 0 Å². The molecule has 1 aromatic rings. The fourth-order valence-corrected chi connectivity index (χ4v) is 2.51. The molecule has 3 N–H and O–H groups in total. The predicted molar refractivity (Wildman–Crippen MR) is 87.1 cm³/mol. The highest BCUT2D eigenvalue weighted by Gasteiger charge is 2.29. The van der Waals surface area contributed by atoms with E-state index in [1.165, 1.54) is 6.92 Å². The first kappa shape index (κ1) is 17.7. The molecule has 1 unspecified atom stereocenters. The summed E-state index contributed by atoms with van der Waals surface area (Å²) in [7, 11) is 0. The lowest BCUT2D eigenvalue weighted by molar-refractivity contribution is -0.114. The Bertz CT molecular complexity index is 470. The molecule has 0 saturated carbocycles. The van der Waals surface area contributed by atoms with Crippen LogP contribution in [0.25, 0.3) is 0 Å². The summed E-state index contributed by atoms with van der Waals surface area (Å²) >= 11 is 0. The first-order valence-electron chi connectivity index (χ1n) is 7.48. The fraction of sp³-hybridized carbons (Fsp3) is 0.588. The summed E-state index contributed by atoms with van der Waals surface area (Å²) in [6, 6.07) is 7.74. The molecular weight excluding hydrogens is 264 g/mol. The molecular formula is C17H28N2O2. The molecule has 0 bridgehead atoms. The number of aliphatic hydroxyl groups is 1. The van der Waals surface area contributed by atoms with Gasteiger partial charge in [-0.3, -0.25) is 4.79 Å². The average molecular weight is 292 g/mol. The normalized spacial score (nSPS) is 13.3. The van der Waals surface area contributed by atoms with Crippen LogP contribution in [0.1, 0.15) is 40.2 Å². The van der Waals surface area contributed by atoms with E-state index in [-0.39, 0.29) is 23.3 Å². The van der Waals surface area contributed by atoms with Gasteiger partial charge in [0.2, 0.25) is 5.91 Å². The lowest BCUT2D eigenvalue weighted by Gasteiger charge is -2.33. The van der Waals surface area contributed by atoms with E-state index in [0.717, 1.165) is 11.3 Å². The van der Waals surface area contributed by atoms with Gasteiger partial charge in [0, 0.05) is 31.1 Å². The van der Waals surface area contributed by atoms with E-state index >= 15 is 0 Å². The quantitative estimate of drug-likeness (QED) is 0.724. The minimum Gasteiger partial charge on any atom is -0.392 e. The Hall–Kier alpha value is -1.39. The SMILES string of the molecule is CC(=O)Nc1ccccc1CNCC(C)(C)C(O)C(C)C. The molecule has 0 fully saturated rings. The molecule has 0 aliphatic rings. The van der Waals surface area contributed by atoms with E-state index in [2.05, 4.69) is 24.5 Å². The summed E-state index contributed by atoms with van der Waals surface area (Å²) in [5, 5.41) is 16.4. The van der Waals surface area contributed by atoms with E-state index in [0.29, 0.717) is 13.1 Å². The Labute approximate surface area is 128 Å². The number of carbonyl (C=O) groups excluding carboxylic acids is 1. The fourth-order valence-electron chi connectivity index (χ4n) is 2.51. The van der Waals surface area contributed by atoms with Gasteiger partial charge in [-0.1, -0.05) is 45.9 Å². The number of hydrogen-bond donors (Lipinski definition) is 3. The van der Waals surface area contributed by atoms with Crippen molar-refractivity contribution < 1.29 is 9.90 Å². The van der Waals surface area contributed by atoms with Crippen LogP contribution in [0.3, 0.4) is 0 Å². The third-order valence-corrected chi connectivity index (χ3v) is 3.66. The summed E-state index contributed by atoms with van der Waals surface area (Å²) in [5.41, 5.74) is 1.68. The molecule has 0 aliphatic heterocycles. The number of carbonyl (C=O) groups is 1. The van der Waals surface area contributed by atoms with Gasteiger partial charge in [0.05, 0.1) is 6.10 Å². The van der Waals surface area contributed by atoms with Crippen molar-refractivity contribution >= 4 is 11.6 Å². The molecule has 0 heterocycles. The number of nitrogens with one attached hydrogen (secondary N) is 2. The van der Waals surface area contributed by atoms with Crippen LogP contribution >= 0.6 is 0 Å². The van der Waals surface area contributed by atoms with Crippen LogP contribution in [0, 0.1) is 11.3 Å². The maximum absolute atomic E-state index is 11.2. The molecule has 0 aromatic heterocycles. The lowest BCUT2D eigenvalue weighted by atomic mass is 9.80. The predicted octanol–water partition coefficient (Wildman–Crippen LogP) is 2.78. The van der Waals surface area contributed by atoms with Crippen LogP contribution in [-0.2, 0) is 11.3 Å². The Morgan fingerprint density at radius 1 is 1.29 bits per heavy atom. The molecule has 1 atom stereocenters. The molecule has 1 aromatic carbocycles. The summed E-state index contributed by atoms with van der Waals surface area (Å²) in [6.07, 6.45) is -0.351. The van der Waals surface area contributed by atoms with Crippen molar-refractivity contribution in [3.05, 3.63) is 29.8 Å². The van der Waals surface area contributed by atoms with Gasteiger partial charge in [0.15, 0.2) is 0 Å². The molecule has 0 radical (unpaired) electrons. The van der Waals surface area contributed by atoms with Gasteiger partial charge >= 0.3 is 0 Å². The van der Waals surface area contributed by atoms with Gasteiger partial charge in [-0.15, -0.1) is 0 Å². The minimum absolute atomic E-state index is 0.0713. The monoisotopic (exact) mass is 292 g/mol. The van der Waals surface area contributed by atoms with Crippen molar-refractivity contribution in [1.29, 1.82) is 0 Å². The summed E-state index contributed by atoms with van der Waals surface area (Å²) in [4.78, 5) is 11.2. The van der Waals surface area contributed by atoms with E-state index < -0.39 is 0 Å². The summed E-state index contributed by atoms with van der Waals surface area (Å²) < 4.78 is 0. The number of anilines is 1. The number of amides is 1. The minimum atomic E-state index is -0.351. The van der Waals surface area contributed by atoms with Crippen molar-refractivity contribution in [3.63, 3.8) is 0 Å². The van der Waals surface area contributed by atoms with Crippen molar-refractivity contribution in [1.82, 2.24) is 5.32 Å². The second kappa shape index (κ2) is 7.57. The number of aliphatic hydroxyl groups excluding tert-OH is 1. The summed E-state index contributed by atoms with van der Waals surface area (Å²) in [5.74, 6) is 0.159. The van der Waals surface area contributed by atoms with Crippen molar-refractivity contribution in [2.24, 2.45) is 11.3 Å². The molecule has 0 spiro atoms. The third kappa shape index (κ3) is 5.48. The molecule has 0 aliphatic carbocycles. The number of hydrogen-bond acceptors (Lipinski definition) is 3. The first-order valence-corrected chi connectivity index (χ1v) is 7.48. The van der Waals surface area contributed by atoms with Crippen LogP contribution in [0.2, 0.25) is 0 Å². The van der Waals surface area contributed by atoms with Crippen LogP contribution < -0.4 is 10.6 Å². The van der Waals surface area contributed by atoms with Crippen molar-refractivity contribution in [2.75, 3.05) is 11.9 Å². The maximum Gasteiger partial charge on any atom is 0.221 e. The van der Waals surface area contributed by atoms with Gasteiger partial charge in [0.1, 0.15) is 0 Å². The molecule has 4 nitrogen and oxygen atoms in total. The zero-order valence-electron chi connectivity index (χ0n) is 13.7. The average Bonchev–Trinajstić information content (AvgIpc) is 2.39. The smallest absolute Gasteiger partial charge is 0.221 e. The second-order valence-electron chi connectivity index (χ2n) is 6.62. The topological polar surface area (TPSA) is 61.4 Å². The van der Waals surface area contributed by atoms with E-state index in [1.807, 2.05) is 38.1 Å². The Morgan fingerprint density at radius 3 is 2.48 bits per heavy atom. The highest BCUT2D eigenvalue weighted by Crippen LogP contribution is 2.25. The van der Waals surface area contributed by atoms with E-state index in [1.54, 1.807) is 0 Å². The van der Waals surface area contributed by atoms with Gasteiger partial charge in [0.25, 0.3) is 0 Å². The number of para-hydroxylation sites is 1. The van der Waals surface area contributed by atoms with Crippen molar-refractivity contribution in [3.8, 4) is 0 Å².